The van der Waals surface area contributed by atoms with E-state index in [9.17, 15) is 5.11 Å². The highest BCUT2D eigenvalue weighted by atomic mass is 16.3. The summed E-state index contributed by atoms with van der Waals surface area (Å²) in [5.74, 6) is 0. The van der Waals surface area contributed by atoms with Crippen molar-refractivity contribution >= 4 is 0 Å². The molecule has 0 amide bonds. The third-order valence-corrected chi connectivity index (χ3v) is 1.72. The molecule has 0 fully saturated rings. The number of nitrogens with zero attached hydrogens (tertiary/aromatic N) is 2. The molecule has 1 rings (SSSR count). The van der Waals surface area contributed by atoms with Crippen molar-refractivity contribution in [1.82, 2.24) is 9.78 Å². The van der Waals surface area contributed by atoms with Gasteiger partial charge in [0.1, 0.15) is 6.10 Å². The Balaban J connectivity index is 3.00. The molecule has 0 spiro atoms. The van der Waals surface area contributed by atoms with E-state index in [0.717, 1.165) is 11.3 Å². The zero-order valence-electron chi connectivity index (χ0n) is 6.78. The number of nitrogens with two attached hydrogens (primary N) is 1. The van der Waals surface area contributed by atoms with E-state index in [1.807, 2.05) is 6.92 Å². The predicted molar refractivity (Wildman–Crippen MR) is 42.0 cm³/mol. The Bertz CT molecular complexity index is 224. The Morgan fingerprint density at radius 2 is 2.45 bits per heavy atom. The minimum absolute atomic E-state index is 0.236. The van der Waals surface area contributed by atoms with Gasteiger partial charge in [0.05, 0.1) is 11.9 Å². The van der Waals surface area contributed by atoms with E-state index in [-0.39, 0.29) is 6.54 Å². The number of aliphatic hydroxyl groups is 1. The van der Waals surface area contributed by atoms with E-state index in [2.05, 4.69) is 5.10 Å². The molecule has 1 atom stereocenters. The van der Waals surface area contributed by atoms with Crippen LogP contribution in [0.15, 0.2) is 6.20 Å². The Labute approximate surface area is 65.6 Å². The SMILES string of the molecule is Cc1cnn(C)c1[C@@H](O)CN. The smallest absolute Gasteiger partial charge is 0.108 e. The van der Waals surface area contributed by atoms with Gasteiger partial charge in [-0.15, -0.1) is 0 Å². The van der Waals surface area contributed by atoms with Gasteiger partial charge in [-0.3, -0.25) is 4.68 Å². The number of hydrogen-bond donors (Lipinski definition) is 2. The molecule has 4 nitrogen and oxygen atoms in total. The van der Waals surface area contributed by atoms with Crippen molar-refractivity contribution in [3.63, 3.8) is 0 Å². The lowest BCUT2D eigenvalue weighted by Crippen LogP contribution is -2.15. The van der Waals surface area contributed by atoms with Crippen molar-refractivity contribution in [2.24, 2.45) is 12.8 Å². The number of aryl methyl sites for hydroxylation is 2. The maximum absolute atomic E-state index is 9.39. The second-order valence-electron chi connectivity index (χ2n) is 2.59. The molecule has 1 aromatic heterocycles. The monoisotopic (exact) mass is 155 g/mol. The van der Waals surface area contributed by atoms with Crippen molar-refractivity contribution in [2.45, 2.75) is 13.0 Å². The van der Waals surface area contributed by atoms with Gasteiger partial charge in [-0.05, 0) is 12.5 Å². The Hall–Kier alpha value is -0.870. The minimum Gasteiger partial charge on any atom is -0.385 e. The molecule has 62 valence electrons. The average molecular weight is 155 g/mol. The number of hydrogen-bond acceptors (Lipinski definition) is 3. The highest BCUT2D eigenvalue weighted by Gasteiger charge is 2.12. The van der Waals surface area contributed by atoms with Crippen LogP contribution in [0.25, 0.3) is 0 Å². The molecular formula is C7H13N3O. The van der Waals surface area contributed by atoms with Gasteiger partial charge in [0.2, 0.25) is 0 Å². The van der Waals surface area contributed by atoms with Crippen LogP contribution in [0.3, 0.4) is 0 Å². The second kappa shape index (κ2) is 3.02. The lowest BCUT2D eigenvalue weighted by molar-refractivity contribution is 0.176. The zero-order valence-corrected chi connectivity index (χ0v) is 6.78. The van der Waals surface area contributed by atoms with E-state index >= 15 is 0 Å². The summed E-state index contributed by atoms with van der Waals surface area (Å²) in [6, 6.07) is 0. The summed E-state index contributed by atoms with van der Waals surface area (Å²) in [5, 5.41) is 13.4. The molecule has 0 saturated heterocycles. The maximum atomic E-state index is 9.39. The van der Waals surface area contributed by atoms with E-state index in [0.29, 0.717) is 0 Å². The summed E-state index contributed by atoms with van der Waals surface area (Å²) in [4.78, 5) is 0. The van der Waals surface area contributed by atoms with E-state index in [4.69, 9.17) is 5.73 Å². The Kier molecular flexibility index (Phi) is 2.26. The summed E-state index contributed by atoms with van der Waals surface area (Å²) in [5.41, 5.74) is 7.09. The lowest BCUT2D eigenvalue weighted by Gasteiger charge is -2.08. The van der Waals surface area contributed by atoms with Crippen LogP contribution in [0, 0.1) is 6.92 Å². The normalized spacial score (nSPS) is 13.5. The van der Waals surface area contributed by atoms with Crippen molar-refractivity contribution in [3.8, 4) is 0 Å². The molecule has 1 heterocycles. The minimum atomic E-state index is -0.595. The van der Waals surface area contributed by atoms with Gasteiger partial charge in [-0.2, -0.15) is 5.10 Å². The van der Waals surface area contributed by atoms with Crippen molar-refractivity contribution in [1.29, 1.82) is 0 Å². The molecule has 11 heavy (non-hydrogen) atoms. The third-order valence-electron chi connectivity index (χ3n) is 1.72. The summed E-state index contributed by atoms with van der Waals surface area (Å²) in [6.45, 7) is 2.14. The fourth-order valence-electron chi connectivity index (χ4n) is 1.15. The molecular weight excluding hydrogens is 142 g/mol. The number of aromatic nitrogens is 2. The highest BCUT2D eigenvalue weighted by molar-refractivity contribution is 5.17. The first-order valence-corrected chi connectivity index (χ1v) is 3.53. The summed E-state index contributed by atoms with van der Waals surface area (Å²) < 4.78 is 1.65. The van der Waals surface area contributed by atoms with Crippen LogP contribution in [0.1, 0.15) is 17.4 Å². The van der Waals surface area contributed by atoms with Gasteiger partial charge in [-0.1, -0.05) is 0 Å². The van der Waals surface area contributed by atoms with E-state index in [1.54, 1.807) is 17.9 Å². The van der Waals surface area contributed by atoms with Crippen LogP contribution in [-0.2, 0) is 7.05 Å². The van der Waals surface area contributed by atoms with Crippen LogP contribution in [0.5, 0.6) is 0 Å². The fraction of sp³-hybridized carbons (Fsp3) is 0.571. The van der Waals surface area contributed by atoms with Gasteiger partial charge >= 0.3 is 0 Å². The molecule has 0 radical (unpaired) electrons. The van der Waals surface area contributed by atoms with Crippen LogP contribution in [0.4, 0.5) is 0 Å². The molecule has 0 aliphatic carbocycles. The van der Waals surface area contributed by atoms with E-state index < -0.39 is 6.10 Å². The predicted octanol–water partition coefficient (Wildman–Crippen LogP) is -0.279. The van der Waals surface area contributed by atoms with Gasteiger partial charge < -0.3 is 10.8 Å². The van der Waals surface area contributed by atoms with Crippen molar-refractivity contribution < 1.29 is 5.11 Å². The number of aliphatic hydroxyl groups excluding tert-OH is 1. The molecule has 0 aromatic carbocycles. The highest BCUT2D eigenvalue weighted by Crippen LogP contribution is 2.14. The van der Waals surface area contributed by atoms with Crippen molar-refractivity contribution in [2.75, 3.05) is 6.54 Å². The molecule has 0 saturated carbocycles. The first-order valence-electron chi connectivity index (χ1n) is 3.53. The molecule has 0 aliphatic rings. The fourth-order valence-corrected chi connectivity index (χ4v) is 1.15. The average Bonchev–Trinajstić information content (AvgIpc) is 2.30. The van der Waals surface area contributed by atoms with Gasteiger partial charge in [-0.25, -0.2) is 0 Å². The summed E-state index contributed by atoms with van der Waals surface area (Å²) in [7, 11) is 1.79. The Morgan fingerprint density at radius 3 is 2.82 bits per heavy atom. The van der Waals surface area contributed by atoms with Gasteiger partial charge in [0.25, 0.3) is 0 Å². The quantitative estimate of drug-likeness (QED) is 0.617. The zero-order chi connectivity index (χ0) is 8.43. The maximum Gasteiger partial charge on any atom is 0.108 e. The summed E-state index contributed by atoms with van der Waals surface area (Å²) >= 11 is 0. The second-order valence-corrected chi connectivity index (χ2v) is 2.59. The van der Waals surface area contributed by atoms with Gasteiger partial charge in [0.15, 0.2) is 0 Å². The van der Waals surface area contributed by atoms with Crippen LogP contribution in [0.2, 0.25) is 0 Å². The Morgan fingerprint density at radius 1 is 1.82 bits per heavy atom. The number of rotatable bonds is 2. The first kappa shape index (κ1) is 8.23. The largest absolute Gasteiger partial charge is 0.385 e. The lowest BCUT2D eigenvalue weighted by atomic mass is 10.2. The van der Waals surface area contributed by atoms with E-state index in [1.165, 1.54) is 0 Å². The van der Waals surface area contributed by atoms with Crippen molar-refractivity contribution in [3.05, 3.63) is 17.5 Å². The third kappa shape index (κ3) is 1.41. The molecule has 4 heteroatoms. The topological polar surface area (TPSA) is 64.1 Å². The first-order chi connectivity index (χ1) is 5.16. The van der Waals surface area contributed by atoms with Crippen LogP contribution in [-0.4, -0.2) is 21.4 Å². The molecule has 0 bridgehead atoms. The van der Waals surface area contributed by atoms with Crippen LogP contribution < -0.4 is 5.73 Å². The molecule has 0 unspecified atom stereocenters. The summed E-state index contributed by atoms with van der Waals surface area (Å²) in [6.07, 6.45) is 1.12. The molecule has 0 aliphatic heterocycles. The van der Waals surface area contributed by atoms with Gasteiger partial charge in [0, 0.05) is 13.6 Å². The van der Waals surface area contributed by atoms with Crippen LogP contribution >= 0.6 is 0 Å². The standard InChI is InChI=1S/C7H13N3O/c1-5-4-9-10(2)7(5)6(11)3-8/h4,6,11H,3,8H2,1-2H3/t6-/m0/s1. The molecule has 1 aromatic rings. The molecule has 3 N–H and O–H groups in total.